The molecule has 1 aromatic heterocycles. The molecule has 7 nitrogen and oxygen atoms in total. The van der Waals surface area contributed by atoms with Crippen LogP contribution in [-0.4, -0.2) is 38.7 Å². The summed E-state index contributed by atoms with van der Waals surface area (Å²) >= 11 is 0. The van der Waals surface area contributed by atoms with Gasteiger partial charge in [-0.25, -0.2) is 14.7 Å². The predicted molar refractivity (Wildman–Crippen MR) is 91.6 cm³/mol. The Balaban J connectivity index is 1.51. The molecule has 1 saturated carbocycles. The fourth-order valence-corrected chi connectivity index (χ4v) is 3.58. The van der Waals surface area contributed by atoms with Crippen molar-refractivity contribution in [2.75, 3.05) is 0 Å². The van der Waals surface area contributed by atoms with Gasteiger partial charge >= 0.3 is 17.8 Å². The standard InChI is InChI=1S/C19H19N3O4/c23-17-18(24)22(14-9-5-2-6-10-14)19(25)21(17)12-16-20-11-15(26-16)13-7-3-1-4-8-13/h1,3-4,7-8,11,14H,2,5-6,9-10,12H2. The van der Waals surface area contributed by atoms with Gasteiger partial charge in [0, 0.05) is 11.6 Å². The third kappa shape index (κ3) is 2.89. The number of rotatable bonds is 4. The first-order valence-corrected chi connectivity index (χ1v) is 8.84. The van der Waals surface area contributed by atoms with Gasteiger partial charge in [0.1, 0.15) is 6.54 Å². The van der Waals surface area contributed by atoms with Crippen molar-refractivity contribution in [1.29, 1.82) is 0 Å². The van der Waals surface area contributed by atoms with Gasteiger partial charge in [-0.2, -0.15) is 0 Å². The summed E-state index contributed by atoms with van der Waals surface area (Å²) in [6.45, 7) is -0.139. The van der Waals surface area contributed by atoms with E-state index in [1.54, 1.807) is 6.20 Å². The SMILES string of the molecule is O=C1C(=O)N(C2CCCCC2)C(=O)N1Cc1ncc(-c2ccccc2)o1. The zero-order valence-electron chi connectivity index (χ0n) is 14.3. The molecule has 2 heterocycles. The molecule has 1 saturated heterocycles. The molecule has 2 fully saturated rings. The van der Waals surface area contributed by atoms with Crippen LogP contribution in [0.2, 0.25) is 0 Å². The minimum absolute atomic E-state index is 0.139. The first-order chi connectivity index (χ1) is 12.6. The quantitative estimate of drug-likeness (QED) is 0.623. The second-order valence-corrected chi connectivity index (χ2v) is 6.63. The molecular formula is C19H19N3O4. The van der Waals surface area contributed by atoms with Gasteiger partial charge in [-0.15, -0.1) is 0 Å². The molecule has 4 amide bonds. The monoisotopic (exact) mass is 353 g/mol. The zero-order valence-corrected chi connectivity index (χ0v) is 14.3. The second-order valence-electron chi connectivity index (χ2n) is 6.63. The van der Waals surface area contributed by atoms with Gasteiger partial charge in [-0.3, -0.25) is 14.5 Å². The van der Waals surface area contributed by atoms with Crippen LogP contribution in [0, 0.1) is 0 Å². The summed E-state index contributed by atoms with van der Waals surface area (Å²) in [5.74, 6) is -0.768. The van der Waals surface area contributed by atoms with Crippen LogP contribution in [0.3, 0.4) is 0 Å². The van der Waals surface area contributed by atoms with E-state index in [2.05, 4.69) is 4.98 Å². The average molecular weight is 353 g/mol. The lowest BCUT2D eigenvalue weighted by Gasteiger charge is -2.28. The Morgan fingerprint density at radius 2 is 1.73 bits per heavy atom. The summed E-state index contributed by atoms with van der Waals surface area (Å²) in [5, 5.41) is 0. The van der Waals surface area contributed by atoms with Crippen LogP contribution in [0.1, 0.15) is 38.0 Å². The molecule has 134 valence electrons. The lowest BCUT2D eigenvalue weighted by molar-refractivity contribution is -0.144. The first-order valence-electron chi connectivity index (χ1n) is 8.84. The molecule has 0 bridgehead atoms. The molecule has 1 aliphatic heterocycles. The largest absolute Gasteiger partial charge is 0.439 e. The van der Waals surface area contributed by atoms with Crippen molar-refractivity contribution < 1.29 is 18.8 Å². The molecule has 0 spiro atoms. The number of hydrogen-bond donors (Lipinski definition) is 0. The van der Waals surface area contributed by atoms with Crippen LogP contribution in [0.5, 0.6) is 0 Å². The van der Waals surface area contributed by atoms with E-state index in [-0.39, 0.29) is 18.5 Å². The third-order valence-corrected chi connectivity index (χ3v) is 4.93. The summed E-state index contributed by atoms with van der Waals surface area (Å²) in [4.78, 5) is 43.4. The highest BCUT2D eigenvalue weighted by Gasteiger charge is 2.48. The molecular weight excluding hydrogens is 334 g/mol. The summed E-state index contributed by atoms with van der Waals surface area (Å²) < 4.78 is 5.66. The fourth-order valence-electron chi connectivity index (χ4n) is 3.58. The van der Waals surface area contributed by atoms with Gasteiger partial charge < -0.3 is 4.42 Å². The number of hydrogen-bond acceptors (Lipinski definition) is 5. The van der Waals surface area contributed by atoms with Gasteiger partial charge in [-0.05, 0) is 12.8 Å². The molecule has 0 unspecified atom stereocenters. The van der Waals surface area contributed by atoms with E-state index < -0.39 is 17.8 Å². The Morgan fingerprint density at radius 1 is 1.00 bits per heavy atom. The van der Waals surface area contributed by atoms with Crippen LogP contribution >= 0.6 is 0 Å². The summed E-state index contributed by atoms with van der Waals surface area (Å²) in [6, 6.07) is 8.68. The predicted octanol–water partition coefficient (Wildman–Crippen LogP) is 2.97. The van der Waals surface area contributed by atoms with E-state index in [1.165, 1.54) is 0 Å². The van der Waals surface area contributed by atoms with Crippen molar-refractivity contribution in [1.82, 2.24) is 14.8 Å². The van der Waals surface area contributed by atoms with Gasteiger partial charge in [0.05, 0.1) is 6.20 Å². The van der Waals surface area contributed by atoms with Crippen molar-refractivity contribution in [3.8, 4) is 11.3 Å². The number of urea groups is 1. The first kappa shape index (κ1) is 16.5. The number of amides is 4. The molecule has 0 atom stereocenters. The van der Waals surface area contributed by atoms with Crippen molar-refractivity contribution in [3.63, 3.8) is 0 Å². The second kappa shape index (κ2) is 6.74. The Morgan fingerprint density at radius 3 is 2.46 bits per heavy atom. The third-order valence-electron chi connectivity index (χ3n) is 4.93. The maximum absolute atomic E-state index is 12.6. The van der Waals surface area contributed by atoms with Gasteiger partial charge in [0.15, 0.2) is 5.76 Å². The fraction of sp³-hybridized carbons (Fsp3) is 0.368. The highest BCUT2D eigenvalue weighted by molar-refractivity contribution is 6.44. The minimum Gasteiger partial charge on any atom is -0.439 e. The molecule has 1 aromatic carbocycles. The van der Waals surface area contributed by atoms with Crippen molar-refractivity contribution in [3.05, 3.63) is 42.4 Å². The van der Waals surface area contributed by atoms with E-state index in [0.29, 0.717) is 5.76 Å². The maximum atomic E-state index is 12.6. The van der Waals surface area contributed by atoms with Gasteiger partial charge in [-0.1, -0.05) is 49.6 Å². The van der Waals surface area contributed by atoms with E-state index in [4.69, 9.17) is 4.42 Å². The van der Waals surface area contributed by atoms with Gasteiger partial charge in [0.2, 0.25) is 5.89 Å². The summed E-state index contributed by atoms with van der Waals surface area (Å²) in [6.07, 6.45) is 6.11. The number of benzene rings is 1. The van der Waals surface area contributed by atoms with Crippen LogP contribution in [0.4, 0.5) is 4.79 Å². The zero-order chi connectivity index (χ0) is 18.1. The maximum Gasteiger partial charge on any atom is 0.334 e. The van der Waals surface area contributed by atoms with E-state index >= 15 is 0 Å². The smallest absolute Gasteiger partial charge is 0.334 e. The molecule has 1 aliphatic carbocycles. The number of aromatic nitrogens is 1. The molecule has 0 N–H and O–H groups in total. The Hall–Kier alpha value is -2.96. The minimum atomic E-state index is -0.806. The highest BCUT2D eigenvalue weighted by atomic mass is 16.4. The highest BCUT2D eigenvalue weighted by Crippen LogP contribution is 2.28. The van der Waals surface area contributed by atoms with E-state index in [0.717, 1.165) is 47.5 Å². The summed E-state index contributed by atoms with van der Waals surface area (Å²) in [7, 11) is 0. The molecule has 7 heteroatoms. The molecule has 2 aromatic rings. The van der Waals surface area contributed by atoms with Crippen molar-refractivity contribution >= 4 is 17.8 Å². The number of oxazole rings is 1. The average Bonchev–Trinajstić information content (AvgIpc) is 3.23. The van der Waals surface area contributed by atoms with Crippen molar-refractivity contribution in [2.24, 2.45) is 0 Å². The normalized spacial score (nSPS) is 18.8. The topological polar surface area (TPSA) is 83.7 Å². The molecule has 4 rings (SSSR count). The van der Waals surface area contributed by atoms with Crippen LogP contribution in [-0.2, 0) is 16.1 Å². The number of nitrogens with zero attached hydrogens (tertiary/aromatic N) is 3. The lowest BCUT2D eigenvalue weighted by Crippen LogP contribution is -2.42. The molecule has 26 heavy (non-hydrogen) atoms. The van der Waals surface area contributed by atoms with Crippen LogP contribution < -0.4 is 0 Å². The Labute approximate surface area is 150 Å². The summed E-state index contributed by atoms with van der Waals surface area (Å²) in [5.41, 5.74) is 0.852. The van der Waals surface area contributed by atoms with E-state index in [9.17, 15) is 14.4 Å². The van der Waals surface area contributed by atoms with Gasteiger partial charge in [0.25, 0.3) is 0 Å². The molecule has 0 radical (unpaired) electrons. The van der Waals surface area contributed by atoms with Crippen molar-refractivity contribution in [2.45, 2.75) is 44.7 Å². The number of imide groups is 2. The van der Waals surface area contributed by atoms with Crippen LogP contribution in [0.15, 0.2) is 40.9 Å². The lowest BCUT2D eigenvalue weighted by atomic mass is 9.94. The molecule has 2 aliphatic rings. The number of carbonyl (C=O) groups excluding carboxylic acids is 3. The van der Waals surface area contributed by atoms with Crippen LogP contribution in [0.25, 0.3) is 11.3 Å². The number of carbonyl (C=O) groups is 3. The Kier molecular flexibility index (Phi) is 4.28. The van der Waals surface area contributed by atoms with E-state index in [1.807, 2.05) is 30.3 Å². The Bertz CT molecular complexity index is 839.